The maximum absolute atomic E-state index is 12.7. The lowest BCUT2D eigenvalue weighted by Crippen LogP contribution is -2.54. The lowest BCUT2D eigenvalue weighted by Gasteiger charge is -2.37. The van der Waals surface area contributed by atoms with Gasteiger partial charge >= 0.3 is 0 Å². The van der Waals surface area contributed by atoms with Crippen molar-refractivity contribution in [1.29, 1.82) is 4.78 Å². The predicted octanol–water partition coefficient (Wildman–Crippen LogP) is 4.12. The van der Waals surface area contributed by atoms with Crippen molar-refractivity contribution in [3.05, 3.63) is 24.0 Å². The van der Waals surface area contributed by atoms with E-state index < -0.39 is 18.2 Å². The number of hydrogen-bond acceptors (Lipinski definition) is 3. The van der Waals surface area contributed by atoms with E-state index in [1.54, 1.807) is 12.3 Å². The largest absolute Gasteiger partial charge is 0.260 e. The van der Waals surface area contributed by atoms with E-state index >= 15 is 0 Å². The van der Waals surface area contributed by atoms with Crippen molar-refractivity contribution in [3.8, 4) is 0 Å². The molecule has 1 unspecified atom stereocenters. The van der Waals surface area contributed by atoms with Gasteiger partial charge in [-0.05, 0) is 23.1 Å². The van der Waals surface area contributed by atoms with Crippen molar-refractivity contribution in [2.75, 3.05) is 0 Å². The van der Waals surface area contributed by atoms with Gasteiger partial charge in [0.05, 0.1) is 4.90 Å². The summed E-state index contributed by atoms with van der Waals surface area (Å²) < 4.78 is 24.0. The predicted molar refractivity (Wildman–Crippen MR) is 87.8 cm³/mol. The van der Waals surface area contributed by atoms with Crippen molar-refractivity contribution in [1.82, 2.24) is 9.37 Å². The third kappa shape index (κ3) is 3.90. The van der Waals surface area contributed by atoms with Crippen molar-refractivity contribution in [3.63, 3.8) is 0 Å². The topological polar surface area (TPSA) is 65.8 Å². The van der Waals surface area contributed by atoms with E-state index in [1.165, 1.54) is 0 Å². The highest BCUT2D eigenvalue weighted by molar-refractivity contribution is 7.92. The van der Waals surface area contributed by atoms with Gasteiger partial charge in [-0.15, -0.1) is 0 Å². The van der Waals surface area contributed by atoms with E-state index in [0.717, 1.165) is 5.69 Å². The second kappa shape index (κ2) is 5.58. The summed E-state index contributed by atoms with van der Waals surface area (Å²) in [4.78, 5) is 4.78. The van der Waals surface area contributed by atoms with Crippen molar-refractivity contribution >= 4 is 18.2 Å². The molecule has 0 saturated heterocycles. The fraction of sp³-hybridized carbons (Fsp3) is 0.643. The Hall–Kier alpha value is -0.723. The summed E-state index contributed by atoms with van der Waals surface area (Å²) in [5, 5.41) is 0.0298. The molecule has 1 heterocycles. The minimum Gasteiger partial charge on any atom is -0.260 e. The van der Waals surface area contributed by atoms with Crippen LogP contribution in [-0.2, 0) is 9.92 Å². The molecule has 6 heteroatoms. The van der Waals surface area contributed by atoms with Crippen LogP contribution in [0.25, 0.3) is 0 Å². The van der Waals surface area contributed by atoms with Crippen molar-refractivity contribution in [2.24, 2.45) is 0 Å². The van der Waals surface area contributed by atoms with Gasteiger partial charge in [0.15, 0.2) is 0 Å². The van der Waals surface area contributed by atoms with Gasteiger partial charge in [0.2, 0.25) is 0 Å². The summed E-state index contributed by atoms with van der Waals surface area (Å²) in [7, 11) is -4.99. The fourth-order valence-corrected chi connectivity index (χ4v) is 6.51. The molecule has 1 aromatic rings. The Morgan fingerprint density at radius 2 is 1.85 bits per heavy atom. The SMILES string of the molecule is CC(C)c1ccc(S(=N)(=O)N[Si](C)(C)C(C)(C)C)cn1. The van der Waals surface area contributed by atoms with Gasteiger partial charge in [0.25, 0.3) is 0 Å². The summed E-state index contributed by atoms with van der Waals surface area (Å²) in [6, 6.07) is 3.62. The average molecular weight is 314 g/mol. The Morgan fingerprint density at radius 1 is 1.30 bits per heavy atom. The Kier molecular flexibility index (Phi) is 4.83. The van der Waals surface area contributed by atoms with Gasteiger partial charge in [-0.25, -0.2) is 13.4 Å². The van der Waals surface area contributed by atoms with Crippen LogP contribution in [0, 0.1) is 4.78 Å². The van der Waals surface area contributed by atoms with Crippen LogP contribution in [0.5, 0.6) is 0 Å². The minimum absolute atomic E-state index is 0.0298. The molecule has 4 nitrogen and oxygen atoms in total. The Balaban J connectivity index is 3.06. The summed E-state index contributed by atoms with van der Waals surface area (Å²) in [5.74, 6) is 0.333. The molecule has 0 aliphatic carbocycles. The molecule has 114 valence electrons. The lowest BCUT2D eigenvalue weighted by molar-refractivity contribution is 0.664. The summed E-state index contributed by atoms with van der Waals surface area (Å²) in [5.41, 5.74) is 0.955. The number of pyridine rings is 1. The second-order valence-corrected chi connectivity index (χ2v) is 14.3. The fourth-order valence-electron chi connectivity index (χ4n) is 1.47. The van der Waals surface area contributed by atoms with Gasteiger partial charge < -0.3 is 0 Å². The van der Waals surface area contributed by atoms with Crippen LogP contribution < -0.4 is 4.39 Å². The second-order valence-electron chi connectivity index (χ2n) is 7.11. The Morgan fingerprint density at radius 3 is 2.20 bits per heavy atom. The molecule has 2 N–H and O–H groups in total. The van der Waals surface area contributed by atoms with Crippen LogP contribution in [0.1, 0.15) is 46.2 Å². The highest BCUT2D eigenvalue weighted by Crippen LogP contribution is 2.34. The molecule has 0 aliphatic rings. The zero-order chi connectivity index (χ0) is 15.8. The smallest absolute Gasteiger partial charge is 0.140 e. The summed E-state index contributed by atoms with van der Waals surface area (Å²) >= 11 is 0. The molecule has 0 fully saturated rings. The van der Waals surface area contributed by atoms with Crippen LogP contribution in [0.15, 0.2) is 23.2 Å². The third-order valence-electron chi connectivity index (χ3n) is 3.96. The average Bonchev–Trinajstić information content (AvgIpc) is 2.26. The highest BCUT2D eigenvalue weighted by atomic mass is 32.2. The number of nitrogens with one attached hydrogen (secondary N) is 2. The van der Waals surface area contributed by atoms with Crippen LogP contribution >= 0.6 is 0 Å². The van der Waals surface area contributed by atoms with Gasteiger partial charge in [0.1, 0.15) is 18.2 Å². The molecular weight excluding hydrogens is 286 g/mol. The molecule has 1 atom stereocenters. The molecule has 0 saturated carbocycles. The molecular formula is C14H27N3OSSi. The maximum atomic E-state index is 12.7. The van der Waals surface area contributed by atoms with Crippen LogP contribution in [0.4, 0.5) is 0 Å². The van der Waals surface area contributed by atoms with Crippen LogP contribution in [0.3, 0.4) is 0 Å². The molecule has 0 amide bonds. The third-order valence-corrected chi connectivity index (χ3v) is 11.8. The van der Waals surface area contributed by atoms with E-state index in [1.807, 2.05) is 6.07 Å². The molecule has 0 aliphatic heterocycles. The molecule has 0 bridgehead atoms. The van der Waals surface area contributed by atoms with Gasteiger partial charge in [-0.3, -0.25) is 4.98 Å². The normalized spacial score (nSPS) is 16.2. The zero-order valence-corrected chi connectivity index (χ0v) is 15.4. The monoisotopic (exact) mass is 313 g/mol. The van der Waals surface area contributed by atoms with E-state index in [-0.39, 0.29) is 5.04 Å². The first-order valence-electron chi connectivity index (χ1n) is 6.90. The molecule has 0 radical (unpaired) electrons. The van der Waals surface area contributed by atoms with Crippen LogP contribution in [-0.4, -0.2) is 17.4 Å². The molecule has 1 aromatic heterocycles. The van der Waals surface area contributed by atoms with Crippen molar-refractivity contribution in [2.45, 2.75) is 63.6 Å². The molecule has 20 heavy (non-hydrogen) atoms. The Labute approximate surface area is 124 Å². The van der Waals surface area contributed by atoms with Crippen molar-refractivity contribution < 1.29 is 4.21 Å². The van der Waals surface area contributed by atoms with Gasteiger partial charge in [0, 0.05) is 11.9 Å². The standard InChI is InChI=1S/C14H27N3OSSi/c1-11(2)13-9-8-12(10-16-13)19(15,18)17-20(6,7)14(3,4)5/h8-11H,1-7H3,(H2,15,17,18). The first kappa shape index (κ1) is 17.3. The zero-order valence-electron chi connectivity index (χ0n) is 13.6. The number of nitrogens with zero attached hydrogens (tertiary/aromatic N) is 1. The number of rotatable bonds is 4. The van der Waals surface area contributed by atoms with E-state index in [4.69, 9.17) is 4.78 Å². The van der Waals surface area contributed by atoms with Gasteiger partial charge in [-0.1, -0.05) is 47.7 Å². The first-order chi connectivity index (χ1) is 8.87. The summed E-state index contributed by atoms with van der Waals surface area (Å²) in [6.07, 6.45) is 1.57. The highest BCUT2D eigenvalue weighted by Gasteiger charge is 2.38. The maximum Gasteiger partial charge on any atom is 0.140 e. The quantitative estimate of drug-likeness (QED) is 0.821. The Bertz CT molecular complexity index is 557. The van der Waals surface area contributed by atoms with Gasteiger partial charge in [-0.2, -0.15) is 0 Å². The number of hydrogen-bond donors (Lipinski definition) is 2. The van der Waals surface area contributed by atoms with Crippen LogP contribution in [0.2, 0.25) is 18.1 Å². The van der Waals surface area contributed by atoms with E-state index in [2.05, 4.69) is 57.1 Å². The molecule has 0 spiro atoms. The van der Waals surface area contributed by atoms with E-state index in [9.17, 15) is 4.21 Å². The number of aromatic nitrogens is 1. The lowest BCUT2D eigenvalue weighted by atomic mass is 10.1. The summed E-state index contributed by atoms with van der Waals surface area (Å²) in [6.45, 7) is 14.7. The van der Waals surface area contributed by atoms with E-state index in [0.29, 0.717) is 10.8 Å². The molecule has 0 aromatic carbocycles. The molecule has 1 rings (SSSR count). The first-order valence-corrected chi connectivity index (χ1v) is 11.5. The minimum atomic E-state index is -2.99.